The second kappa shape index (κ2) is 4.21. The van der Waals surface area contributed by atoms with Gasteiger partial charge in [-0.25, -0.2) is 0 Å². The van der Waals surface area contributed by atoms with Gasteiger partial charge in [0.15, 0.2) is 0 Å². The molecule has 2 rings (SSSR count). The van der Waals surface area contributed by atoms with Gasteiger partial charge in [-0.1, -0.05) is 0 Å². The molecule has 1 fully saturated rings. The van der Waals surface area contributed by atoms with Crippen LogP contribution in [0.15, 0.2) is 18.3 Å². The third-order valence-corrected chi connectivity index (χ3v) is 2.80. The number of alkyl halides is 3. The molecule has 1 aromatic heterocycles. The lowest BCUT2D eigenvalue weighted by atomic mass is 10.3. The molecular weight excluding hydrogens is 253 g/mol. The van der Waals surface area contributed by atoms with E-state index in [1.165, 1.54) is 11.0 Å². The summed E-state index contributed by atoms with van der Waals surface area (Å²) in [5, 5.41) is -0.134. The molecule has 0 aliphatic carbocycles. The topological polar surface area (TPSA) is 33.2 Å². The smallest absolute Gasteiger partial charge is 0.311 e. The van der Waals surface area contributed by atoms with Crippen LogP contribution in [0.5, 0.6) is 0 Å². The van der Waals surface area contributed by atoms with Gasteiger partial charge in [0.1, 0.15) is 5.69 Å². The molecule has 1 aliphatic heterocycles. The molecule has 1 aliphatic rings. The van der Waals surface area contributed by atoms with E-state index in [1.807, 2.05) is 0 Å². The summed E-state index contributed by atoms with van der Waals surface area (Å²) in [7, 11) is 0. The number of rotatable bonds is 1. The first kappa shape index (κ1) is 12.2. The van der Waals surface area contributed by atoms with Crippen molar-refractivity contribution in [3.8, 4) is 0 Å². The quantitative estimate of drug-likeness (QED) is 0.787. The monoisotopic (exact) mass is 262 g/mol. The largest absolute Gasteiger partial charge is 0.433 e. The van der Waals surface area contributed by atoms with E-state index in [9.17, 15) is 18.0 Å². The SMILES string of the molecule is O=C1CC(S)CN1c1ccnc(C(F)(F)F)c1. The van der Waals surface area contributed by atoms with E-state index in [0.717, 1.165) is 12.3 Å². The number of hydrogen-bond donors (Lipinski definition) is 1. The summed E-state index contributed by atoms with van der Waals surface area (Å²) in [5.41, 5.74) is -0.778. The lowest BCUT2D eigenvalue weighted by molar-refractivity contribution is -0.141. The van der Waals surface area contributed by atoms with Crippen molar-refractivity contribution in [2.24, 2.45) is 0 Å². The summed E-state index contributed by atoms with van der Waals surface area (Å²) >= 11 is 4.14. The third-order valence-electron chi connectivity index (χ3n) is 2.45. The molecule has 17 heavy (non-hydrogen) atoms. The van der Waals surface area contributed by atoms with E-state index < -0.39 is 11.9 Å². The highest BCUT2D eigenvalue weighted by atomic mass is 32.1. The zero-order valence-electron chi connectivity index (χ0n) is 8.61. The van der Waals surface area contributed by atoms with Gasteiger partial charge in [0, 0.05) is 30.1 Å². The minimum absolute atomic E-state index is 0.134. The predicted octanol–water partition coefficient (Wildman–Crippen LogP) is 2.14. The minimum atomic E-state index is -4.50. The van der Waals surface area contributed by atoms with Crippen LogP contribution in [0.25, 0.3) is 0 Å². The van der Waals surface area contributed by atoms with Crippen LogP contribution in [0.4, 0.5) is 18.9 Å². The average Bonchev–Trinajstić information content (AvgIpc) is 2.57. The number of hydrogen-bond acceptors (Lipinski definition) is 3. The van der Waals surface area contributed by atoms with Gasteiger partial charge in [0.2, 0.25) is 5.91 Å². The Morgan fingerprint density at radius 3 is 2.71 bits per heavy atom. The molecule has 3 nitrogen and oxygen atoms in total. The third kappa shape index (κ3) is 2.54. The molecule has 0 saturated carbocycles. The van der Waals surface area contributed by atoms with Crippen LogP contribution in [-0.4, -0.2) is 22.7 Å². The first-order chi connectivity index (χ1) is 7.88. The van der Waals surface area contributed by atoms with Crippen LogP contribution < -0.4 is 4.90 Å². The van der Waals surface area contributed by atoms with Gasteiger partial charge >= 0.3 is 6.18 Å². The minimum Gasteiger partial charge on any atom is -0.311 e. The number of aromatic nitrogens is 1. The maximum Gasteiger partial charge on any atom is 0.433 e. The molecule has 7 heteroatoms. The molecule has 1 atom stereocenters. The van der Waals surface area contributed by atoms with Gasteiger partial charge in [-0.15, -0.1) is 0 Å². The molecule has 1 aromatic rings. The lowest BCUT2D eigenvalue weighted by Crippen LogP contribution is -2.25. The van der Waals surface area contributed by atoms with Crippen molar-refractivity contribution >= 4 is 24.2 Å². The average molecular weight is 262 g/mol. The number of anilines is 1. The van der Waals surface area contributed by atoms with Crippen LogP contribution in [0.3, 0.4) is 0 Å². The van der Waals surface area contributed by atoms with Crippen LogP contribution in [-0.2, 0) is 11.0 Å². The molecule has 1 saturated heterocycles. The van der Waals surface area contributed by atoms with Crippen molar-refractivity contribution in [1.82, 2.24) is 4.98 Å². The summed E-state index contributed by atoms with van der Waals surface area (Å²) in [6.07, 6.45) is -3.21. The van der Waals surface area contributed by atoms with Gasteiger partial charge in [0.05, 0.1) is 0 Å². The Morgan fingerprint density at radius 2 is 2.18 bits per heavy atom. The van der Waals surface area contributed by atoms with E-state index in [2.05, 4.69) is 17.6 Å². The number of pyridine rings is 1. The zero-order valence-corrected chi connectivity index (χ0v) is 9.50. The Kier molecular flexibility index (Phi) is 3.03. The van der Waals surface area contributed by atoms with Crippen molar-refractivity contribution < 1.29 is 18.0 Å². The fraction of sp³-hybridized carbons (Fsp3) is 0.400. The molecule has 2 heterocycles. The summed E-state index contributed by atoms with van der Waals surface area (Å²) in [6.45, 7) is 0.323. The van der Waals surface area contributed by atoms with Crippen molar-refractivity contribution in [1.29, 1.82) is 0 Å². The van der Waals surface area contributed by atoms with Crippen molar-refractivity contribution in [3.05, 3.63) is 24.0 Å². The van der Waals surface area contributed by atoms with E-state index in [-0.39, 0.29) is 23.3 Å². The summed E-state index contributed by atoms with van der Waals surface area (Å²) in [4.78, 5) is 16.1. The summed E-state index contributed by atoms with van der Waals surface area (Å²) in [5.74, 6) is -0.218. The molecular formula is C10H9F3N2OS. The molecule has 0 radical (unpaired) electrons. The van der Waals surface area contributed by atoms with Crippen molar-refractivity contribution in [3.63, 3.8) is 0 Å². The molecule has 0 N–H and O–H groups in total. The van der Waals surface area contributed by atoms with Gasteiger partial charge in [-0.3, -0.25) is 9.78 Å². The number of thiol groups is 1. The molecule has 1 amide bonds. The van der Waals surface area contributed by atoms with E-state index in [0.29, 0.717) is 6.54 Å². The van der Waals surface area contributed by atoms with Crippen LogP contribution in [0.1, 0.15) is 12.1 Å². The van der Waals surface area contributed by atoms with Gasteiger partial charge < -0.3 is 4.90 Å². The van der Waals surface area contributed by atoms with E-state index in [4.69, 9.17) is 0 Å². The molecule has 0 spiro atoms. The normalized spacial score (nSPS) is 21.1. The van der Waals surface area contributed by atoms with E-state index in [1.54, 1.807) is 0 Å². The van der Waals surface area contributed by atoms with Crippen molar-refractivity contribution in [2.45, 2.75) is 17.8 Å². The van der Waals surface area contributed by atoms with Gasteiger partial charge in [-0.05, 0) is 12.1 Å². The standard InChI is InChI=1S/C10H9F3N2OS/c11-10(12,13)8-3-6(1-2-14-8)15-5-7(17)4-9(15)16/h1-3,7,17H,4-5H2. The Labute approximate surface area is 101 Å². The number of halogens is 3. The summed E-state index contributed by atoms with van der Waals surface area (Å²) < 4.78 is 37.3. The Bertz CT molecular complexity index is 449. The molecule has 0 bridgehead atoms. The highest BCUT2D eigenvalue weighted by molar-refractivity contribution is 7.81. The summed E-state index contributed by atoms with van der Waals surface area (Å²) in [6, 6.07) is 2.27. The molecule has 1 unspecified atom stereocenters. The number of carbonyl (C=O) groups excluding carboxylic acids is 1. The zero-order chi connectivity index (χ0) is 12.6. The maximum absolute atomic E-state index is 12.4. The highest BCUT2D eigenvalue weighted by Gasteiger charge is 2.34. The maximum atomic E-state index is 12.4. The number of nitrogens with zero attached hydrogens (tertiary/aromatic N) is 2. The first-order valence-corrected chi connectivity index (χ1v) is 5.41. The Balaban J connectivity index is 2.31. The van der Waals surface area contributed by atoms with Crippen LogP contribution in [0, 0.1) is 0 Å². The Hall–Kier alpha value is -1.24. The number of amides is 1. The highest BCUT2D eigenvalue weighted by Crippen LogP contribution is 2.31. The van der Waals surface area contributed by atoms with E-state index >= 15 is 0 Å². The molecule has 92 valence electrons. The molecule has 0 aromatic carbocycles. The second-order valence-electron chi connectivity index (χ2n) is 3.76. The number of carbonyl (C=O) groups is 1. The fourth-order valence-electron chi connectivity index (χ4n) is 1.68. The predicted molar refractivity (Wildman–Crippen MR) is 59.0 cm³/mol. The fourth-order valence-corrected chi connectivity index (χ4v) is 2.00. The van der Waals surface area contributed by atoms with Gasteiger partial charge in [0.25, 0.3) is 0 Å². The Morgan fingerprint density at radius 1 is 1.47 bits per heavy atom. The second-order valence-corrected chi connectivity index (χ2v) is 4.49. The first-order valence-electron chi connectivity index (χ1n) is 4.89. The lowest BCUT2D eigenvalue weighted by Gasteiger charge is -2.17. The van der Waals surface area contributed by atoms with Gasteiger partial charge in [-0.2, -0.15) is 25.8 Å². The van der Waals surface area contributed by atoms with Crippen molar-refractivity contribution in [2.75, 3.05) is 11.4 Å². The van der Waals surface area contributed by atoms with Crippen LogP contribution >= 0.6 is 12.6 Å². The van der Waals surface area contributed by atoms with Crippen LogP contribution in [0.2, 0.25) is 0 Å².